The Hall–Kier alpha value is -2.52. The van der Waals surface area contributed by atoms with Crippen LogP contribution in [-0.4, -0.2) is 20.5 Å². The lowest BCUT2D eigenvalue weighted by atomic mass is 10.2. The maximum atomic E-state index is 8.75. The Kier molecular flexibility index (Phi) is 4.03. The highest BCUT2D eigenvalue weighted by atomic mass is 32.2. The second-order valence-electron chi connectivity index (χ2n) is 4.30. The predicted octanol–water partition coefficient (Wildman–Crippen LogP) is 3.20. The summed E-state index contributed by atoms with van der Waals surface area (Å²) in [6, 6.07) is 15.8. The first-order valence-corrected chi connectivity index (χ1v) is 7.38. The molecule has 5 nitrogen and oxygen atoms in total. The average molecular weight is 296 g/mol. The minimum absolute atomic E-state index is 0.338. The van der Waals surface area contributed by atoms with Gasteiger partial charge >= 0.3 is 0 Å². The van der Waals surface area contributed by atoms with Crippen molar-refractivity contribution in [1.82, 2.24) is 14.8 Å². The van der Waals surface area contributed by atoms with Crippen molar-refractivity contribution in [3.05, 3.63) is 54.3 Å². The highest BCUT2D eigenvalue weighted by Crippen LogP contribution is 2.25. The van der Waals surface area contributed by atoms with Crippen LogP contribution in [-0.2, 0) is 6.54 Å². The topological polar surface area (TPSA) is 67.6 Å². The van der Waals surface area contributed by atoms with Gasteiger partial charge in [0.2, 0.25) is 5.82 Å². The van der Waals surface area contributed by atoms with Crippen molar-refractivity contribution in [3.8, 4) is 17.7 Å². The van der Waals surface area contributed by atoms with E-state index in [1.165, 1.54) is 11.8 Å². The average Bonchev–Trinajstić information content (AvgIpc) is 3.16. The normalized spacial score (nSPS) is 10.4. The standard InChI is InChI=1S/C15H12N4OS/c16-8-10-21-15-18-17-14(13-7-4-9-20-13)19(15)11-12-5-2-1-3-6-12/h1-7,9H,10-11H2. The Labute approximate surface area is 126 Å². The summed E-state index contributed by atoms with van der Waals surface area (Å²) in [7, 11) is 0. The van der Waals surface area contributed by atoms with Crippen LogP contribution in [0.25, 0.3) is 11.6 Å². The molecule has 2 heterocycles. The summed E-state index contributed by atoms with van der Waals surface area (Å²) in [4.78, 5) is 0. The number of nitrogens with zero attached hydrogens (tertiary/aromatic N) is 4. The van der Waals surface area contributed by atoms with Crippen LogP contribution in [0.4, 0.5) is 0 Å². The van der Waals surface area contributed by atoms with Crippen LogP contribution in [0.15, 0.2) is 58.3 Å². The molecule has 104 valence electrons. The molecule has 3 rings (SSSR count). The molecule has 0 radical (unpaired) electrons. The molecule has 21 heavy (non-hydrogen) atoms. The van der Waals surface area contributed by atoms with Crippen molar-refractivity contribution < 1.29 is 4.42 Å². The first kappa shape index (κ1) is 13.5. The van der Waals surface area contributed by atoms with E-state index in [0.717, 1.165) is 5.56 Å². The van der Waals surface area contributed by atoms with Gasteiger partial charge in [-0.25, -0.2) is 0 Å². The van der Waals surface area contributed by atoms with Gasteiger partial charge in [0.15, 0.2) is 10.9 Å². The van der Waals surface area contributed by atoms with Gasteiger partial charge in [-0.3, -0.25) is 4.57 Å². The van der Waals surface area contributed by atoms with Crippen LogP contribution in [0.5, 0.6) is 0 Å². The molecule has 0 unspecified atom stereocenters. The molecule has 0 N–H and O–H groups in total. The van der Waals surface area contributed by atoms with E-state index < -0.39 is 0 Å². The minimum Gasteiger partial charge on any atom is -0.461 e. The Bertz CT molecular complexity index is 744. The fourth-order valence-corrected chi connectivity index (χ4v) is 2.59. The molecular weight excluding hydrogens is 284 g/mol. The number of aromatic nitrogens is 3. The third-order valence-corrected chi connectivity index (χ3v) is 3.74. The number of furan rings is 1. The van der Waals surface area contributed by atoms with Crippen LogP contribution >= 0.6 is 11.8 Å². The van der Waals surface area contributed by atoms with Crippen LogP contribution < -0.4 is 0 Å². The number of hydrogen-bond donors (Lipinski definition) is 0. The smallest absolute Gasteiger partial charge is 0.200 e. The van der Waals surface area contributed by atoms with Crippen LogP contribution in [0.2, 0.25) is 0 Å². The molecule has 0 atom stereocenters. The predicted molar refractivity (Wildman–Crippen MR) is 79.6 cm³/mol. The minimum atomic E-state index is 0.338. The summed E-state index contributed by atoms with van der Waals surface area (Å²) in [6.07, 6.45) is 1.61. The zero-order valence-corrected chi connectivity index (χ0v) is 12.0. The Balaban J connectivity index is 1.98. The van der Waals surface area contributed by atoms with Gasteiger partial charge in [-0.15, -0.1) is 10.2 Å². The lowest BCUT2D eigenvalue weighted by Crippen LogP contribution is -2.03. The largest absolute Gasteiger partial charge is 0.461 e. The van der Waals surface area contributed by atoms with Gasteiger partial charge in [0.25, 0.3) is 0 Å². The molecule has 0 saturated heterocycles. The van der Waals surface area contributed by atoms with Gasteiger partial charge in [-0.2, -0.15) is 5.26 Å². The first-order valence-electron chi connectivity index (χ1n) is 6.39. The monoisotopic (exact) mass is 296 g/mol. The molecule has 0 aliphatic heterocycles. The number of hydrogen-bond acceptors (Lipinski definition) is 5. The van der Waals surface area contributed by atoms with Gasteiger partial charge in [-0.1, -0.05) is 42.1 Å². The SMILES string of the molecule is N#CCSc1nnc(-c2ccco2)n1Cc1ccccc1. The van der Waals surface area contributed by atoms with Crippen molar-refractivity contribution >= 4 is 11.8 Å². The lowest BCUT2D eigenvalue weighted by molar-refractivity contribution is 0.569. The van der Waals surface area contributed by atoms with E-state index in [1.807, 2.05) is 47.0 Å². The second-order valence-corrected chi connectivity index (χ2v) is 5.24. The molecule has 0 fully saturated rings. The molecule has 0 amide bonds. The summed E-state index contributed by atoms with van der Waals surface area (Å²) in [5.74, 6) is 1.68. The fraction of sp³-hybridized carbons (Fsp3) is 0.133. The van der Waals surface area contributed by atoms with Crippen molar-refractivity contribution in [2.24, 2.45) is 0 Å². The summed E-state index contributed by atoms with van der Waals surface area (Å²) in [5.41, 5.74) is 1.14. The quantitative estimate of drug-likeness (QED) is 0.676. The third kappa shape index (κ3) is 2.98. The summed E-state index contributed by atoms with van der Waals surface area (Å²) < 4.78 is 7.39. The molecule has 1 aromatic carbocycles. The first-order chi connectivity index (χ1) is 10.4. The summed E-state index contributed by atoms with van der Waals surface area (Å²) in [5, 5.41) is 17.8. The molecule has 0 saturated carbocycles. The van der Waals surface area contributed by atoms with Crippen LogP contribution in [0.3, 0.4) is 0 Å². The number of nitriles is 1. The van der Waals surface area contributed by atoms with E-state index in [0.29, 0.717) is 29.0 Å². The molecule has 0 aliphatic rings. The Morgan fingerprint density at radius 1 is 1.14 bits per heavy atom. The molecular formula is C15H12N4OS. The van der Waals surface area contributed by atoms with E-state index in [2.05, 4.69) is 16.3 Å². The van der Waals surface area contributed by atoms with Gasteiger partial charge in [0.05, 0.1) is 24.6 Å². The van der Waals surface area contributed by atoms with Gasteiger partial charge in [-0.05, 0) is 17.7 Å². The summed E-state index contributed by atoms with van der Waals surface area (Å²) in [6.45, 7) is 0.637. The van der Waals surface area contributed by atoms with E-state index in [4.69, 9.17) is 9.68 Å². The van der Waals surface area contributed by atoms with Crippen molar-refractivity contribution in [2.45, 2.75) is 11.7 Å². The zero-order valence-electron chi connectivity index (χ0n) is 11.1. The van der Waals surface area contributed by atoms with Gasteiger partial charge in [0.1, 0.15) is 0 Å². The van der Waals surface area contributed by atoms with Crippen molar-refractivity contribution in [1.29, 1.82) is 5.26 Å². The zero-order chi connectivity index (χ0) is 14.5. The molecule has 2 aromatic heterocycles. The van der Waals surface area contributed by atoms with Crippen LogP contribution in [0.1, 0.15) is 5.56 Å². The number of rotatable bonds is 5. The van der Waals surface area contributed by atoms with Crippen molar-refractivity contribution in [3.63, 3.8) is 0 Å². The second kappa shape index (κ2) is 6.29. The molecule has 0 aliphatic carbocycles. The van der Waals surface area contributed by atoms with E-state index in [9.17, 15) is 0 Å². The number of thioether (sulfide) groups is 1. The highest BCUT2D eigenvalue weighted by molar-refractivity contribution is 7.99. The molecule has 3 aromatic rings. The molecule has 0 bridgehead atoms. The Morgan fingerprint density at radius 3 is 2.71 bits per heavy atom. The fourth-order valence-electron chi connectivity index (χ4n) is 1.99. The molecule has 0 spiro atoms. The number of benzene rings is 1. The van der Waals surface area contributed by atoms with E-state index in [-0.39, 0.29) is 0 Å². The van der Waals surface area contributed by atoms with Gasteiger partial charge < -0.3 is 4.42 Å². The van der Waals surface area contributed by atoms with Gasteiger partial charge in [0, 0.05) is 0 Å². The van der Waals surface area contributed by atoms with E-state index in [1.54, 1.807) is 6.26 Å². The van der Waals surface area contributed by atoms with E-state index >= 15 is 0 Å². The van der Waals surface area contributed by atoms with Crippen molar-refractivity contribution in [2.75, 3.05) is 5.75 Å². The maximum Gasteiger partial charge on any atom is 0.200 e. The highest BCUT2D eigenvalue weighted by Gasteiger charge is 2.16. The Morgan fingerprint density at radius 2 is 2.00 bits per heavy atom. The summed E-state index contributed by atoms with van der Waals surface area (Å²) >= 11 is 1.37. The maximum absolute atomic E-state index is 8.75. The molecule has 6 heteroatoms. The van der Waals surface area contributed by atoms with Crippen LogP contribution in [0, 0.1) is 11.3 Å². The third-order valence-electron chi connectivity index (χ3n) is 2.91. The lowest BCUT2D eigenvalue weighted by Gasteiger charge is -2.08.